The predicted octanol–water partition coefficient (Wildman–Crippen LogP) is 2.47. The minimum absolute atomic E-state index is 0.0608. The zero-order valence-corrected chi connectivity index (χ0v) is 14.8. The van der Waals surface area contributed by atoms with Crippen molar-refractivity contribution in [2.24, 2.45) is 0 Å². The number of thiazole rings is 1. The number of rotatable bonds is 5. The summed E-state index contributed by atoms with van der Waals surface area (Å²) in [6, 6.07) is 5.87. The molecule has 1 aliphatic heterocycles. The Balaban J connectivity index is 1.67. The van der Waals surface area contributed by atoms with Crippen LogP contribution >= 0.6 is 11.3 Å². The molecule has 0 spiro atoms. The number of likely N-dealkylation sites (tertiary alicyclic amines) is 1. The zero-order valence-electron chi connectivity index (χ0n) is 14.0. The molecule has 1 aliphatic rings. The number of benzene rings is 1. The van der Waals surface area contributed by atoms with Crippen LogP contribution in [0.1, 0.15) is 37.0 Å². The fraction of sp³-hybridized carbons (Fsp3) is 0.471. The average molecular weight is 346 g/mol. The topological polar surface area (TPSA) is 74.3 Å². The molecular weight excluding hydrogens is 324 g/mol. The van der Waals surface area contributed by atoms with E-state index < -0.39 is 0 Å². The summed E-state index contributed by atoms with van der Waals surface area (Å²) < 4.78 is 0.891. The van der Waals surface area contributed by atoms with Crippen LogP contribution in [0.25, 0.3) is 10.2 Å². The highest BCUT2D eigenvalue weighted by Crippen LogP contribution is 2.26. The maximum atomic E-state index is 12.4. The molecule has 0 bridgehead atoms. The van der Waals surface area contributed by atoms with Crippen LogP contribution in [0.4, 0.5) is 5.13 Å². The molecule has 128 valence electrons. The molecule has 24 heavy (non-hydrogen) atoms. The number of carbonyl (C=O) groups is 2. The molecule has 6 nitrogen and oxygen atoms in total. The van der Waals surface area contributed by atoms with Crippen LogP contribution in [0.2, 0.25) is 0 Å². The first-order chi connectivity index (χ1) is 11.6. The van der Waals surface area contributed by atoms with E-state index in [1.54, 1.807) is 6.07 Å². The molecule has 1 atom stereocenters. The standard InChI is InChI=1S/C17H22N4O2S/c1-3-21-8-4-5-13(21)10-18-16(23)12-6-7-14-15(9-12)24-17(20-14)19-11(2)22/h6-7,9,13H,3-5,8,10H2,1-2H3,(H,18,23)(H,19,20,22). The highest BCUT2D eigenvalue weighted by Gasteiger charge is 2.23. The lowest BCUT2D eigenvalue weighted by Gasteiger charge is -2.22. The Kier molecular flexibility index (Phi) is 5.11. The number of aromatic nitrogens is 1. The van der Waals surface area contributed by atoms with Gasteiger partial charge in [-0.1, -0.05) is 18.3 Å². The van der Waals surface area contributed by atoms with Gasteiger partial charge in [0.2, 0.25) is 5.91 Å². The van der Waals surface area contributed by atoms with Gasteiger partial charge in [-0.05, 0) is 44.1 Å². The second-order valence-corrected chi connectivity index (χ2v) is 7.05. The summed E-state index contributed by atoms with van der Waals surface area (Å²) >= 11 is 1.37. The molecule has 2 amide bonds. The Morgan fingerprint density at radius 3 is 3.00 bits per heavy atom. The molecule has 0 radical (unpaired) electrons. The lowest BCUT2D eigenvalue weighted by Crippen LogP contribution is -2.40. The van der Waals surface area contributed by atoms with Gasteiger partial charge in [0.1, 0.15) is 0 Å². The van der Waals surface area contributed by atoms with Gasteiger partial charge in [-0.25, -0.2) is 4.98 Å². The van der Waals surface area contributed by atoms with Gasteiger partial charge in [0, 0.05) is 25.1 Å². The summed E-state index contributed by atoms with van der Waals surface area (Å²) in [6.45, 7) is 6.44. The van der Waals surface area contributed by atoms with E-state index in [0.29, 0.717) is 23.3 Å². The van der Waals surface area contributed by atoms with Crippen LogP contribution in [-0.2, 0) is 4.79 Å². The lowest BCUT2D eigenvalue weighted by atomic mass is 10.2. The summed E-state index contributed by atoms with van der Waals surface area (Å²) in [7, 11) is 0. The Morgan fingerprint density at radius 1 is 1.42 bits per heavy atom. The van der Waals surface area contributed by atoms with E-state index in [0.717, 1.165) is 29.7 Å². The number of nitrogens with zero attached hydrogens (tertiary/aromatic N) is 2. The van der Waals surface area contributed by atoms with Crippen LogP contribution in [0.15, 0.2) is 18.2 Å². The fourth-order valence-electron chi connectivity index (χ4n) is 3.13. The minimum Gasteiger partial charge on any atom is -0.350 e. The molecule has 1 aromatic carbocycles. The Morgan fingerprint density at radius 2 is 2.25 bits per heavy atom. The largest absolute Gasteiger partial charge is 0.350 e. The van der Waals surface area contributed by atoms with Crippen LogP contribution in [-0.4, -0.2) is 47.4 Å². The number of fused-ring (bicyclic) bond motifs is 1. The molecule has 0 aliphatic carbocycles. The van der Waals surface area contributed by atoms with E-state index in [9.17, 15) is 9.59 Å². The third kappa shape index (κ3) is 3.73. The first-order valence-corrected chi connectivity index (χ1v) is 9.09. The molecule has 7 heteroatoms. The van der Waals surface area contributed by atoms with E-state index >= 15 is 0 Å². The van der Waals surface area contributed by atoms with Crippen molar-refractivity contribution in [1.82, 2.24) is 15.2 Å². The van der Waals surface area contributed by atoms with Crippen molar-refractivity contribution < 1.29 is 9.59 Å². The number of carbonyl (C=O) groups excluding carboxylic acids is 2. The van der Waals surface area contributed by atoms with E-state index in [2.05, 4.69) is 27.4 Å². The molecule has 2 N–H and O–H groups in total. The van der Waals surface area contributed by atoms with Crippen LogP contribution in [0.3, 0.4) is 0 Å². The van der Waals surface area contributed by atoms with E-state index in [-0.39, 0.29) is 11.8 Å². The molecule has 3 rings (SSSR count). The van der Waals surface area contributed by atoms with Crippen molar-refractivity contribution in [3.05, 3.63) is 23.8 Å². The average Bonchev–Trinajstić information content (AvgIpc) is 3.16. The van der Waals surface area contributed by atoms with Crippen molar-refractivity contribution in [1.29, 1.82) is 0 Å². The second kappa shape index (κ2) is 7.27. The molecule has 0 saturated carbocycles. The smallest absolute Gasteiger partial charge is 0.251 e. The molecule has 2 heterocycles. The Hall–Kier alpha value is -1.99. The molecule has 1 unspecified atom stereocenters. The van der Waals surface area contributed by atoms with Crippen LogP contribution < -0.4 is 10.6 Å². The van der Waals surface area contributed by atoms with Gasteiger partial charge < -0.3 is 10.6 Å². The molecular formula is C17H22N4O2S. The normalized spacial score (nSPS) is 18.0. The maximum Gasteiger partial charge on any atom is 0.251 e. The van der Waals surface area contributed by atoms with Crippen molar-refractivity contribution in [2.75, 3.05) is 25.0 Å². The number of amides is 2. The summed E-state index contributed by atoms with van der Waals surface area (Å²) in [5.74, 6) is -0.210. The van der Waals surface area contributed by atoms with E-state index in [1.165, 1.54) is 24.7 Å². The van der Waals surface area contributed by atoms with Gasteiger partial charge in [-0.15, -0.1) is 0 Å². The summed E-state index contributed by atoms with van der Waals surface area (Å²) in [5.41, 5.74) is 1.41. The summed E-state index contributed by atoms with van der Waals surface area (Å²) in [6.07, 6.45) is 2.34. The zero-order chi connectivity index (χ0) is 17.1. The van der Waals surface area contributed by atoms with Crippen molar-refractivity contribution in [3.63, 3.8) is 0 Å². The predicted molar refractivity (Wildman–Crippen MR) is 96.5 cm³/mol. The van der Waals surface area contributed by atoms with E-state index in [1.807, 2.05) is 12.1 Å². The third-order valence-corrected chi connectivity index (χ3v) is 5.27. The van der Waals surface area contributed by atoms with Gasteiger partial charge in [0.05, 0.1) is 10.2 Å². The van der Waals surface area contributed by atoms with Crippen molar-refractivity contribution >= 4 is 38.5 Å². The number of hydrogen-bond acceptors (Lipinski definition) is 5. The number of nitrogens with one attached hydrogen (secondary N) is 2. The van der Waals surface area contributed by atoms with Gasteiger partial charge in [0.15, 0.2) is 5.13 Å². The minimum atomic E-state index is -0.149. The highest BCUT2D eigenvalue weighted by molar-refractivity contribution is 7.22. The second-order valence-electron chi connectivity index (χ2n) is 6.02. The van der Waals surface area contributed by atoms with Crippen LogP contribution in [0.5, 0.6) is 0 Å². The van der Waals surface area contributed by atoms with Crippen molar-refractivity contribution in [3.8, 4) is 0 Å². The molecule has 1 saturated heterocycles. The fourth-order valence-corrected chi connectivity index (χ4v) is 4.08. The van der Waals surface area contributed by atoms with Gasteiger partial charge in [-0.2, -0.15) is 0 Å². The number of hydrogen-bond donors (Lipinski definition) is 2. The number of likely N-dealkylation sites (N-methyl/N-ethyl adjacent to an activating group) is 1. The first kappa shape index (κ1) is 16.9. The van der Waals surface area contributed by atoms with E-state index in [4.69, 9.17) is 0 Å². The third-order valence-electron chi connectivity index (χ3n) is 4.34. The van der Waals surface area contributed by atoms with Gasteiger partial charge in [-0.3, -0.25) is 14.5 Å². The van der Waals surface area contributed by atoms with Gasteiger partial charge in [0.25, 0.3) is 5.91 Å². The monoisotopic (exact) mass is 346 g/mol. The molecule has 1 aromatic heterocycles. The molecule has 2 aromatic rings. The summed E-state index contributed by atoms with van der Waals surface area (Å²) in [5, 5.41) is 6.28. The SMILES string of the molecule is CCN1CCCC1CNC(=O)c1ccc2nc(NC(C)=O)sc2c1. The molecule has 1 fully saturated rings. The summed E-state index contributed by atoms with van der Waals surface area (Å²) in [4.78, 5) is 30.3. The lowest BCUT2D eigenvalue weighted by molar-refractivity contribution is -0.114. The van der Waals surface area contributed by atoms with Crippen molar-refractivity contribution in [2.45, 2.75) is 32.7 Å². The Bertz CT molecular complexity index is 758. The van der Waals surface area contributed by atoms with Gasteiger partial charge >= 0.3 is 0 Å². The quantitative estimate of drug-likeness (QED) is 0.872. The highest BCUT2D eigenvalue weighted by atomic mass is 32.1. The maximum absolute atomic E-state index is 12.4. The first-order valence-electron chi connectivity index (χ1n) is 8.27. The van der Waals surface area contributed by atoms with Crippen LogP contribution in [0, 0.1) is 0 Å². The Labute approximate surface area is 145 Å². The number of anilines is 1.